The average molecular weight is 292 g/mol. The lowest BCUT2D eigenvalue weighted by Gasteiger charge is -2.08. The van der Waals surface area contributed by atoms with Gasteiger partial charge in [0.15, 0.2) is 0 Å². The van der Waals surface area contributed by atoms with Crippen LogP contribution in [0.2, 0.25) is 5.02 Å². The number of carboxylic acid groups (broad SMARTS) is 1. The van der Waals surface area contributed by atoms with Crippen molar-refractivity contribution in [2.45, 2.75) is 0 Å². The molecule has 0 radical (unpaired) electrons. The van der Waals surface area contributed by atoms with E-state index in [1.54, 1.807) is 12.1 Å². The molecular weight excluding hydrogens is 278 g/mol. The van der Waals surface area contributed by atoms with Crippen LogP contribution in [0.3, 0.4) is 0 Å². The minimum atomic E-state index is -0.944. The van der Waals surface area contributed by atoms with Gasteiger partial charge in [0.25, 0.3) is 0 Å². The first-order chi connectivity index (χ1) is 9.65. The first kappa shape index (κ1) is 14.2. The monoisotopic (exact) mass is 291 g/mol. The van der Waals surface area contributed by atoms with Gasteiger partial charge in [-0.15, -0.1) is 0 Å². The molecule has 0 fully saturated rings. The standard InChI is InChI=1S/C15H14ClNO3/c16-12-3-5-13(6-4-12)17-9-10-20-14-7-1-11(2-8-14)15(18)19/h1-8,17H,9-10H2,(H,18,19). The molecule has 0 bridgehead atoms. The van der Waals surface area contributed by atoms with Gasteiger partial charge in [0.1, 0.15) is 12.4 Å². The lowest BCUT2D eigenvalue weighted by atomic mass is 10.2. The number of carbonyl (C=O) groups is 1. The topological polar surface area (TPSA) is 58.6 Å². The van der Waals surface area contributed by atoms with Crippen molar-refractivity contribution < 1.29 is 14.6 Å². The average Bonchev–Trinajstić information content (AvgIpc) is 2.46. The minimum absolute atomic E-state index is 0.247. The maximum atomic E-state index is 10.7. The molecule has 5 heteroatoms. The zero-order chi connectivity index (χ0) is 14.4. The quantitative estimate of drug-likeness (QED) is 0.799. The Hall–Kier alpha value is -2.20. The number of hydrogen-bond donors (Lipinski definition) is 2. The Morgan fingerprint density at radius 1 is 1.10 bits per heavy atom. The molecule has 0 spiro atoms. The summed E-state index contributed by atoms with van der Waals surface area (Å²) >= 11 is 5.79. The van der Waals surface area contributed by atoms with Crippen LogP contribution in [-0.4, -0.2) is 24.2 Å². The van der Waals surface area contributed by atoms with Crippen molar-refractivity contribution >= 4 is 23.3 Å². The van der Waals surface area contributed by atoms with Crippen molar-refractivity contribution in [2.75, 3.05) is 18.5 Å². The molecule has 0 saturated carbocycles. The lowest BCUT2D eigenvalue weighted by molar-refractivity contribution is 0.0697. The van der Waals surface area contributed by atoms with Crippen LogP contribution in [0.4, 0.5) is 5.69 Å². The van der Waals surface area contributed by atoms with E-state index in [-0.39, 0.29) is 5.56 Å². The van der Waals surface area contributed by atoms with Gasteiger partial charge in [-0.25, -0.2) is 4.79 Å². The van der Waals surface area contributed by atoms with Crippen LogP contribution in [0.25, 0.3) is 0 Å². The number of hydrogen-bond acceptors (Lipinski definition) is 3. The van der Waals surface area contributed by atoms with Gasteiger partial charge in [0.05, 0.1) is 5.56 Å². The summed E-state index contributed by atoms with van der Waals surface area (Å²) in [5.41, 5.74) is 1.22. The summed E-state index contributed by atoms with van der Waals surface area (Å²) in [6.45, 7) is 1.12. The number of benzene rings is 2. The van der Waals surface area contributed by atoms with Crippen LogP contribution < -0.4 is 10.1 Å². The number of rotatable bonds is 6. The zero-order valence-corrected chi connectivity index (χ0v) is 11.4. The van der Waals surface area contributed by atoms with Gasteiger partial charge >= 0.3 is 5.97 Å². The Morgan fingerprint density at radius 3 is 2.35 bits per heavy atom. The first-order valence-electron chi connectivity index (χ1n) is 6.11. The Morgan fingerprint density at radius 2 is 1.75 bits per heavy atom. The lowest BCUT2D eigenvalue weighted by Crippen LogP contribution is -2.11. The van der Waals surface area contributed by atoms with Gasteiger partial charge in [-0.1, -0.05) is 11.6 Å². The molecule has 104 valence electrons. The molecule has 20 heavy (non-hydrogen) atoms. The smallest absolute Gasteiger partial charge is 0.335 e. The Kier molecular flexibility index (Phi) is 4.85. The molecule has 0 aliphatic carbocycles. The van der Waals surface area contributed by atoms with E-state index >= 15 is 0 Å². The molecule has 0 amide bonds. The summed E-state index contributed by atoms with van der Waals surface area (Å²) in [5, 5.41) is 12.7. The normalized spacial score (nSPS) is 10.1. The second-order valence-corrected chi connectivity index (χ2v) is 4.55. The van der Waals surface area contributed by atoms with Crippen LogP contribution in [0.5, 0.6) is 5.75 Å². The van der Waals surface area contributed by atoms with Crippen molar-refractivity contribution in [1.29, 1.82) is 0 Å². The van der Waals surface area contributed by atoms with E-state index in [1.807, 2.05) is 24.3 Å². The van der Waals surface area contributed by atoms with Gasteiger partial charge in [-0.2, -0.15) is 0 Å². The fraction of sp³-hybridized carbons (Fsp3) is 0.133. The summed E-state index contributed by atoms with van der Waals surface area (Å²) in [6, 6.07) is 13.7. The molecule has 4 nitrogen and oxygen atoms in total. The van der Waals surface area contributed by atoms with Crippen molar-refractivity contribution in [3.05, 3.63) is 59.1 Å². The fourth-order valence-corrected chi connectivity index (χ4v) is 1.75. The van der Waals surface area contributed by atoms with Gasteiger partial charge < -0.3 is 15.2 Å². The maximum absolute atomic E-state index is 10.7. The number of halogens is 1. The summed E-state index contributed by atoms with van der Waals surface area (Å²) in [6.07, 6.45) is 0. The molecular formula is C15H14ClNO3. The second kappa shape index (κ2) is 6.82. The number of anilines is 1. The molecule has 0 saturated heterocycles. The molecule has 0 atom stereocenters. The SMILES string of the molecule is O=C(O)c1ccc(OCCNc2ccc(Cl)cc2)cc1. The van der Waals surface area contributed by atoms with Crippen molar-refractivity contribution in [2.24, 2.45) is 0 Å². The number of nitrogens with one attached hydrogen (secondary N) is 1. The van der Waals surface area contributed by atoms with Crippen molar-refractivity contribution in [1.82, 2.24) is 0 Å². The predicted molar refractivity (Wildman–Crippen MR) is 78.8 cm³/mol. The fourth-order valence-electron chi connectivity index (χ4n) is 1.63. The third kappa shape index (κ3) is 4.17. The third-order valence-corrected chi connectivity index (χ3v) is 2.90. The van der Waals surface area contributed by atoms with Gasteiger partial charge in [-0.3, -0.25) is 0 Å². The highest BCUT2D eigenvalue weighted by molar-refractivity contribution is 6.30. The molecule has 2 aromatic carbocycles. The summed E-state index contributed by atoms with van der Waals surface area (Å²) in [5.74, 6) is -0.297. The highest BCUT2D eigenvalue weighted by Gasteiger charge is 2.01. The second-order valence-electron chi connectivity index (χ2n) is 4.11. The Bertz CT molecular complexity index is 567. The van der Waals surface area contributed by atoms with Crippen LogP contribution in [0.15, 0.2) is 48.5 Å². The van der Waals surface area contributed by atoms with Crippen LogP contribution in [0.1, 0.15) is 10.4 Å². The molecule has 0 heterocycles. The maximum Gasteiger partial charge on any atom is 0.335 e. The van der Waals surface area contributed by atoms with Crippen LogP contribution in [-0.2, 0) is 0 Å². The van der Waals surface area contributed by atoms with Crippen LogP contribution >= 0.6 is 11.6 Å². The van der Waals surface area contributed by atoms with E-state index in [9.17, 15) is 4.79 Å². The van der Waals surface area contributed by atoms with Gasteiger partial charge in [0.2, 0.25) is 0 Å². The van der Waals surface area contributed by atoms with Gasteiger partial charge in [-0.05, 0) is 48.5 Å². The molecule has 0 unspecified atom stereocenters. The van der Waals surface area contributed by atoms with Crippen molar-refractivity contribution in [3.8, 4) is 5.75 Å². The van der Waals surface area contributed by atoms with E-state index in [1.165, 1.54) is 12.1 Å². The number of aromatic carboxylic acids is 1. The van der Waals surface area contributed by atoms with Gasteiger partial charge in [0, 0.05) is 17.3 Å². The Labute approximate surface area is 122 Å². The number of ether oxygens (including phenoxy) is 1. The largest absolute Gasteiger partial charge is 0.492 e. The zero-order valence-electron chi connectivity index (χ0n) is 10.7. The Balaban J connectivity index is 1.75. The number of carboxylic acids is 1. The summed E-state index contributed by atoms with van der Waals surface area (Å²) in [7, 11) is 0. The minimum Gasteiger partial charge on any atom is -0.492 e. The highest BCUT2D eigenvalue weighted by atomic mass is 35.5. The summed E-state index contributed by atoms with van der Waals surface area (Å²) < 4.78 is 5.50. The van der Waals surface area contributed by atoms with Crippen LogP contribution in [0, 0.1) is 0 Å². The highest BCUT2D eigenvalue weighted by Crippen LogP contribution is 2.14. The van der Waals surface area contributed by atoms with E-state index in [0.717, 1.165) is 5.69 Å². The first-order valence-corrected chi connectivity index (χ1v) is 6.48. The molecule has 2 rings (SSSR count). The van der Waals surface area contributed by atoms with E-state index in [4.69, 9.17) is 21.4 Å². The third-order valence-electron chi connectivity index (χ3n) is 2.65. The molecule has 0 aliphatic heterocycles. The predicted octanol–water partition coefficient (Wildman–Crippen LogP) is 3.53. The molecule has 0 aromatic heterocycles. The molecule has 2 N–H and O–H groups in total. The van der Waals surface area contributed by atoms with E-state index < -0.39 is 5.97 Å². The van der Waals surface area contributed by atoms with Crippen molar-refractivity contribution in [3.63, 3.8) is 0 Å². The summed E-state index contributed by atoms with van der Waals surface area (Å²) in [4.78, 5) is 10.7. The van der Waals surface area contributed by atoms with E-state index in [0.29, 0.717) is 23.9 Å². The molecule has 0 aliphatic rings. The van der Waals surface area contributed by atoms with E-state index in [2.05, 4.69) is 5.32 Å². The molecule has 2 aromatic rings.